The summed E-state index contributed by atoms with van der Waals surface area (Å²) in [6, 6.07) is 4.12. The SMILES string of the molecule is CN(C)CCCCNc1ccc2scnc2c1N. The van der Waals surface area contributed by atoms with Gasteiger partial charge in [0.25, 0.3) is 0 Å². The first-order valence-corrected chi connectivity index (χ1v) is 7.06. The van der Waals surface area contributed by atoms with E-state index in [0.717, 1.165) is 41.1 Å². The molecule has 0 spiro atoms. The number of nitrogens with zero attached hydrogens (tertiary/aromatic N) is 2. The Balaban J connectivity index is 1.89. The van der Waals surface area contributed by atoms with E-state index in [0.29, 0.717) is 0 Å². The maximum absolute atomic E-state index is 6.10. The Morgan fingerprint density at radius 2 is 2.17 bits per heavy atom. The molecule has 0 atom stereocenters. The Bertz CT molecular complexity index is 507. The predicted molar refractivity (Wildman–Crippen MR) is 80.3 cm³/mol. The second-order valence-corrected chi connectivity index (χ2v) is 5.55. The molecule has 1 aromatic heterocycles. The van der Waals surface area contributed by atoms with E-state index in [4.69, 9.17) is 5.73 Å². The second kappa shape index (κ2) is 6.02. The van der Waals surface area contributed by atoms with Crippen LogP contribution in [0.5, 0.6) is 0 Å². The molecule has 0 aliphatic carbocycles. The summed E-state index contributed by atoms with van der Waals surface area (Å²) in [6.07, 6.45) is 2.34. The minimum Gasteiger partial charge on any atom is -0.395 e. The van der Waals surface area contributed by atoms with Gasteiger partial charge >= 0.3 is 0 Å². The molecular weight excluding hydrogens is 244 g/mol. The molecule has 0 saturated heterocycles. The van der Waals surface area contributed by atoms with E-state index in [-0.39, 0.29) is 0 Å². The van der Waals surface area contributed by atoms with Crippen LogP contribution in [0.25, 0.3) is 10.2 Å². The minimum atomic E-state index is 0.765. The second-order valence-electron chi connectivity index (χ2n) is 4.66. The maximum Gasteiger partial charge on any atom is 0.106 e. The fourth-order valence-corrected chi connectivity index (χ4v) is 2.57. The summed E-state index contributed by atoms with van der Waals surface area (Å²) >= 11 is 1.62. The van der Waals surface area contributed by atoms with Crippen LogP contribution in [-0.2, 0) is 0 Å². The zero-order valence-corrected chi connectivity index (χ0v) is 11.8. The molecule has 18 heavy (non-hydrogen) atoms. The molecule has 0 fully saturated rings. The van der Waals surface area contributed by atoms with E-state index in [1.807, 2.05) is 11.6 Å². The summed E-state index contributed by atoms with van der Waals surface area (Å²) < 4.78 is 1.14. The lowest BCUT2D eigenvalue weighted by atomic mass is 10.2. The smallest absolute Gasteiger partial charge is 0.106 e. The van der Waals surface area contributed by atoms with E-state index < -0.39 is 0 Å². The highest BCUT2D eigenvalue weighted by Crippen LogP contribution is 2.29. The maximum atomic E-state index is 6.10. The number of unbranched alkanes of at least 4 members (excludes halogenated alkanes) is 1. The Kier molecular flexibility index (Phi) is 4.38. The molecule has 5 heteroatoms. The molecule has 3 N–H and O–H groups in total. The fraction of sp³-hybridized carbons (Fsp3) is 0.462. The number of hydrogen-bond acceptors (Lipinski definition) is 5. The normalized spacial score (nSPS) is 11.3. The molecule has 0 radical (unpaired) electrons. The van der Waals surface area contributed by atoms with Gasteiger partial charge in [-0.3, -0.25) is 0 Å². The van der Waals surface area contributed by atoms with Crippen LogP contribution in [0.1, 0.15) is 12.8 Å². The first kappa shape index (κ1) is 13.1. The topological polar surface area (TPSA) is 54.2 Å². The Morgan fingerprint density at radius 1 is 1.33 bits per heavy atom. The molecule has 2 rings (SSSR count). The molecule has 1 heterocycles. The molecule has 4 nitrogen and oxygen atoms in total. The highest BCUT2D eigenvalue weighted by atomic mass is 32.1. The van der Waals surface area contributed by atoms with Crippen molar-refractivity contribution >= 4 is 32.9 Å². The molecule has 98 valence electrons. The van der Waals surface area contributed by atoms with Crippen LogP contribution in [-0.4, -0.2) is 37.1 Å². The lowest BCUT2D eigenvalue weighted by Gasteiger charge is -2.11. The van der Waals surface area contributed by atoms with Gasteiger partial charge in [0, 0.05) is 6.54 Å². The van der Waals surface area contributed by atoms with Crippen LogP contribution >= 0.6 is 11.3 Å². The van der Waals surface area contributed by atoms with Crippen LogP contribution in [0, 0.1) is 0 Å². The van der Waals surface area contributed by atoms with Crippen molar-refractivity contribution in [3.8, 4) is 0 Å². The average molecular weight is 264 g/mol. The van der Waals surface area contributed by atoms with Crippen molar-refractivity contribution in [3.05, 3.63) is 17.6 Å². The van der Waals surface area contributed by atoms with E-state index >= 15 is 0 Å². The summed E-state index contributed by atoms with van der Waals surface area (Å²) in [5.74, 6) is 0. The van der Waals surface area contributed by atoms with Gasteiger partial charge in [0.2, 0.25) is 0 Å². The average Bonchev–Trinajstić information content (AvgIpc) is 2.80. The number of hydrogen-bond donors (Lipinski definition) is 2. The standard InChI is InChI=1S/C13H20N4S/c1-17(2)8-4-3-7-15-10-5-6-11-13(12(10)14)16-9-18-11/h5-6,9,15H,3-4,7-8,14H2,1-2H3. The van der Waals surface area contributed by atoms with Crippen molar-refractivity contribution in [2.24, 2.45) is 0 Å². The first-order chi connectivity index (χ1) is 8.68. The fourth-order valence-electron chi connectivity index (χ4n) is 1.88. The van der Waals surface area contributed by atoms with Crippen molar-refractivity contribution in [1.29, 1.82) is 0 Å². The Hall–Kier alpha value is -1.33. The first-order valence-electron chi connectivity index (χ1n) is 6.19. The lowest BCUT2D eigenvalue weighted by Crippen LogP contribution is -2.14. The number of aromatic nitrogens is 1. The van der Waals surface area contributed by atoms with Gasteiger partial charge in [-0.1, -0.05) is 0 Å². The van der Waals surface area contributed by atoms with Crippen LogP contribution < -0.4 is 11.1 Å². The van der Waals surface area contributed by atoms with Crippen molar-refractivity contribution in [2.45, 2.75) is 12.8 Å². The van der Waals surface area contributed by atoms with Gasteiger partial charge in [-0.25, -0.2) is 4.98 Å². The molecular formula is C13H20N4S. The number of fused-ring (bicyclic) bond motifs is 1. The minimum absolute atomic E-state index is 0.765. The van der Waals surface area contributed by atoms with Crippen molar-refractivity contribution in [3.63, 3.8) is 0 Å². The highest BCUT2D eigenvalue weighted by Gasteiger charge is 2.05. The van der Waals surface area contributed by atoms with Crippen LogP contribution in [0.2, 0.25) is 0 Å². The van der Waals surface area contributed by atoms with E-state index in [1.54, 1.807) is 11.3 Å². The molecule has 0 amide bonds. The largest absolute Gasteiger partial charge is 0.395 e. The van der Waals surface area contributed by atoms with E-state index in [9.17, 15) is 0 Å². The van der Waals surface area contributed by atoms with Gasteiger partial charge in [-0.2, -0.15) is 0 Å². The number of anilines is 2. The Morgan fingerprint density at radius 3 is 2.94 bits per heavy atom. The van der Waals surface area contributed by atoms with E-state index in [2.05, 4.69) is 35.4 Å². The van der Waals surface area contributed by atoms with Crippen LogP contribution in [0.3, 0.4) is 0 Å². The third-order valence-electron chi connectivity index (χ3n) is 2.89. The molecule has 1 aromatic carbocycles. The van der Waals surface area contributed by atoms with Gasteiger partial charge in [0.15, 0.2) is 0 Å². The van der Waals surface area contributed by atoms with Gasteiger partial charge in [0.05, 0.1) is 21.6 Å². The number of nitrogens with two attached hydrogens (primary N) is 1. The van der Waals surface area contributed by atoms with Crippen LogP contribution in [0.15, 0.2) is 17.6 Å². The zero-order chi connectivity index (χ0) is 13.0. The van der Waals surface area contributed by atoms with Crippen molar-refractivity contribution < 1.29 is 0 Å². The third-order valence-corrected chi connectivity index (χ3v) is 3.68. The van der Waals surface area contributed by atoms with Gasteiger partial charge in [0.1, 0.15) is 5.52 Å². The molecule has 0 saturated carbocycles. The Labute approximate surface area is 112 Å². The summed E-state index contributed by atoms with van der Waals surface area (Å²) in [7, 11) is 4.20. The monoisotopic (exact) mass is 264 g/mol. The molecule has 0 unspecified atom stereocenters. The van der Waals surface area contributed by atoms with Crippen LogP contribution in [0.4, 0.5) is 11.4 Å². The summed E-state index contributed by atoms with van der Waals surface area (Å²) in [4.78, 5) is 6.50. The quantitative estimate of drug-likeness (QED) is 0.622. The number of benzene rings is 1. The number of rotatable bonds is 6. The molecule has 2 aromatic rings. The predicted octanol–water partition coefficient (Wildman–Crippen LogP) is 2.63. The van der Waals surface area contributed by atoms with E-state index in [1.165, 1.54) is 6.42 Å². The summed E-state index contributed by atoms with van der Waals surface area (Å²) in [5, 5.41) is 3.39. The van der Waals surface area contributed by atoms with Crippen molar-refractivity contribution in [1.82, 2.24) is 9.88 Å². The summed E-state index contributed by atoms with van der Waals surface area (Å²) in [6.45, 7) is 2.08. The summed E-state index contributed by atoms with van der Waals surface area (Å²) in [5.41, 5.74) is 10.6. The van der Waals surface area contributed by atoms with Gasteiger partial charge in [-0.05, 0) is 45.6 Å². The van der Waals surface area contributed by atoms with Crippen molar-refractivity contribution in [2.75, 3.05) is 38.2 Å². The third kappa shape index (κ3) is 3.11. The molecule has 0 bridgehead atoms. The molecule has 0 aliphatic rings. The number of nitrogens with one attached hydrogen (secondary N) is 1. The lowest BCUT2D eigenvalue weighted by molar-refractivity contribution is 0.396. The van der Waals surface area contributed by atoms with Gasteiger partial charge in [-0.15, -0.1) is 11.3 Å². The van der Waals surface area contributed by atoms with Gasteiger partial charge < -0.3 is 16.0 Å². The highest BCUT2D eigenvalue weighted by molar-refractivity contribution is 7.16. The number of thiazole rings is 1. The molecule has 0 aliphatic heterocycles. The number of nitrogen functional groups attached to an aromatic ring is 1. The zero-order valence-electron chi connectivity index (χ0n) is 10.9.